The van der Waals surface area contributed by atoms with E-state index in [-0.39, 0.29) is 0 Å². The van der Waals surface area contributed by atoms with Gasteiger partial charge in [0, 0.05) is 5.02 Å². The number of hydrogen-bond acceptors (Lipinski definition) is 2. The van der Waals surface area contributed by atoms with Crippen LogP contribution in [0.5, 0.6) is 0 Å². The van der Waals surface area contributed by atoms with E-state index in [0.29, 0.717) is 17.0 Å². The first-order valence-electron chi connectivity index (χ1n) is 4.84. The molecule has 1 aliphatic carbocycles. The van der Waals surface area contributed by atoms with Crippen LogP contribution in [-0.2, 0) is 15.0 Å². The van der Waals surface area contributed by atoms with Gasteiger partial charge in [0.2, 0.25) is 11.8 Å². The maximum atomic E-state index is 11.5. The third-order valence-electron chi connectivity index (χ3n) is 3.08. The Bertz CT molecular complexity index is 475. The number of rotatable bonds is 3. The van der Waals surface area contributed by atoms with E-state index in [1.165, 1.54) is 0 Å². The number of halogens is 1. The topological polar surface area (TPSA) is 86.2 Å². The number of carbonyl (C=O) groups excluding carboxylic acids is 2. The summed E-state index contributed by atoms with van der Waals surface area (Å²) < 4.78 is 0. The molecule has 1 fully saturated rings. The van der Waals surface area contributed by atoms with Crippen LogP contribution in [0.15, 0.2) is 24.3 Å². The predicted molar refractivity (Wildman–Crippen MR) is 59.6 cm³/mol. The van der Waals surface area contributed by atoms with Gasteiger partial charge in [0.25, 0.3) is 0 Å². The van der Waals surface area contributed by atoms with Crippen molar-refractivity contribution < 1.29 is 9.59 Å². The lowest BCUT2D eigenvalue weighted by molar-refractivity contribution is -0.125. The zero-order valence-corrected chi connectivity index (χ0v) is 9.20. The van der Waals surface area contributed by atoms with E-state index in [9.17, 15) is 9.59 Å². The Balaban J connectivity index is 2.44. The fraction of sp³-hybridized carbons (Fsp3) is 0.273. The SMILES string of the molecule is NC(=O)C1CC1(C(N)=O)c1cccc(Cl)c1. The van der Waals surface area contributed by atoms with Crippen molar-refractivity contribution in [2.24, 2.45) is 17.4 Å². The van der Waals surface area contributed by atoms with Crippen LogP contribution in [0.4, 0.5) is 0 Å². The van der Waals surface area contributed by atoms with E-state index in [4.69, 9.17) is 23.1 Å². The number of nitrogens with two attached hydrogens (primary N) is 2. The van der Waals surface area contributed by atoms with Crippen LogP contribution in [0, 0.1) is 5.92 Å². The number of primary amides is 2. The molecule has 84 valence electrons. The van der Waals surface area contributed by atoms with Crippen LogP contribution in [0.1, 0.15) is 12.0 Å². The fourth-order valence-electron chi connectivity index (χ4n) is 2.11. The molecule has 1 aliphatic rings. The second-order valence-corrected chi connectivity index (χ2v) is 4.44. The molecule has 0 spiro atoms. The summed E-state index contributed by atoms with van der Waals surface area (Å²) in [7, 11) is 0. The molecule has 5 heteroatoms. The molecule has 4 nitrogen and oxygen atoms in total. The molecule has 1 saturated carbocycles. The molecule has 16 heavy (non-hydrogen) atoms. The Hall–Kier alpha value is -1.55. The standard InChI is InChI=1S/C11H11ClN2O2/c12-7-3-1-2-6(4-7)11(10(14)16)5-8(11)9(13)15/h1-4,8H,5H2,(H2,13,15)(H2,14,16). The normalized spacial score (nSPS) is 27.4. The highest BCUT2D eigenvalue weighted by molar-refractivity contribution is 6.30. The molecule has 2 amide bonds. The van der Waals surface area contributed by atoms with Crippen LogP contribution < -0.4 is 11.5 Å². The summed E-state index contributed by atoms with van der Waals surface area (Å²) in [5.41, 5.74) is 10.3. The Morgan fingerprint density at radius 3 is 2.50 bits per heavy atom. The van der Waals surface area contributed by atoms with E-state index < -0.39 is 23.1 Å². The first kappa shape index (κ1) is 11.0. The Morgan fingerprint density at radius 2 is 2.06 bits per heavy atom. The minimum Gasteiger partial charge on any atom is -0.369 e. The number of amides is 2. The molecule has 0 aromatic heterocycles. The van der Waals surface area contributed by atoms with Crippen molar-refractivity contribution >= 4 is 23.4 Å². The van der Waals surface area contributed by atoms with Gasteiger partial charge < -0.3 is 11.5 Å². The third kappa shape index (κ3) is 1.46. The quantitative estimate of drug-likeness (QED) is 0.807. The molecule has 0 aliphatic heterocycles. The van der Waals surface area contributed by atoms with Crippen molar-refractivity contribution in [2.45, 2.75) is 11.8 Å². The zero-order valence-electron chi connectivity index (χ0n) is 8.44. The zero-order chi connectivity index (χ0) is 11.9. The van der Waals surface area contributed by atoms with Crippen LogP contribution >= 0.6 is 11.6 Å². The Morgan fingerprint density at radius 1 is 1.38 bits per heavy atom. The van der Waals surface area contributed by atoms with E-state index >= 15 is 0 Å². The lowest BCUT2D eigenvalue weighted by atomic mass is 9.92. The second-order valence-electron chi connectivity index (χ2n) is 4.01. The predicted octanol–water partition coefficient (Wildman–Crippen LogP) is 0.568. The van der Waals surface area contributed by atoms with E-state index in [2.05, 4.69) is 0 Å². The average Bonchev–Trinajstić information content (AvgIpc) is 2.93. The Kier molecular flexibility index (Phi) is 2.39. The summed E-state index contributed by atoms with van der Waals surface area (Å²) in [6.07, 6.45) is 0.373. The molecule has 2 rings (SSSR count). The molecule has 0 heterocycles. The molecule has 2 atom stereocenters. The number of hydrogen-bond donors (Lipinski definition) is 2. The van der Waals surface area contributed by atoms with Crippen molar-refractivity contribution in [3.8, 4) is 0 Å². The molecule has 1 aromatic rings. The van der Waals surface area contributed by atoms with Crippen LogP contribution in [0.2, 0.25) is 5.02 Å². The Labute approximate surface area is 97.6 Å². The van der Waals surface area contributed by atoms with E-state index in [1.54, 1.807) is 24.3 Å². The lowest BCUT2D eigenvalue weighted by Gasteiger charge is -2.13. The lowest BCUT2D eigenvalue weighted by Crippen LogP contribution is -2.33. The van der Waals surface area contributed by atoms with Gasteiger partial charge >= 0.3 is 0 Å². The number of carbonyl (C=O) groups is 2. The number of benzene rings is 1. The summed E-state index contributed by atoms with van der Waals surface area (Å²) in [6.45, 7) is 0. The van der Waals surface area contributed by atoms with Crippen LogP contribution in [0.25, 0.3) is 0 Å². The highest BCUT2D eigenvalue weighted by Crippen LogP contribution is 2.54. The first-order chi connectivity index (χ1) is 7.48. The molecule has 0 radical (unpaired) electrons. The van der Waals surface area contributed by atoms with Gasteiger partial charge in [-0.2, -0.15) is 0 Å². The van der Waals surface area contributed by atoms with E-state index in [1.807, 2.05) is 0 Å². The molecule has 0 bridgehead atoms. The van der Waals surface area contributed by atoms with Crippen LogP contribution in [-0.4, -0.2) is 11.8 Å². The molecule has 2 unspecified atom stereocenters. The van der Waals surface area contributed by atoms with Gasteiger partial charge in [-0.1, -0.05) is 23.7 Å². The van der Waals surface area contributed by atoms with Crippen molar-refractivity contribution in [3.05, 3.63) is 34.9 Å². The largest absolute Gasteiger partial charge is 0.369 e. The molecule has 1 aromatic carbocycles. The van der Waals surface area contributed by atoms with Gasteiger partial charge in [-0.15, -0.1) is 0 Å². The van der Waals surface area contributed by atoms with Crippen LogP contribution in [0.3, 0.4) is 0 Å². The second kappa shape index (κ2) is 3.49. The summed E-state index contributed by atoms with van der Waals surface area (Å²) in [4.78, 5) is 22.6. The summed E-state index contributed by atoms with van der Waals surface area (Å²) in [5, 5.41) is 0.508. The van der Waals surface area contributed by atoms with Gasteiger partial charge in [-0.3, -0.25) is 9.59 Å². The summed E-state index contributed by atoms with van der Waals surface area (Å²) in [6, 6.07) is 6.80. The third-order valence-corrected chi connectivity index (χ3v) is 3.32. The minimum absolute atomic E-state index is 0.373. The van der Waals surface area contributed by atoms with Crippen molar-refractivity contribution in [1.82, 2.24) is 0 Å². The molecular formula is C11H11ClN2O2. The highest BCUT2D eigenvalue weighted by Gasteiger charge is 2.63. The van der Waals surface area contributed by atoms with E-state index in [0.717, 1.165) is 0 Å². The maximum absolute atomic E-state index is 11.5. The first-order valence-corrected chi connectivity index (χ1v) is 5.21. The maximum Gasteiger partial charge on any atom is 0.228 e. The van der Waals surface area contributed by atoms with Crippen molar-refractivity contribution in [2.75, 3.05) is 0 Å². The average molecular weight is 239 g/mol. The van der Waals surface area contributed by atoms with Crippen molar-refractivity contribution in [3.63, 3.8) is 0 Å². The van der Waals surface area contributed by atoms with Gasteiger partial charge in [-0.25, -0.2) is 0 Å². The summed E-state index contributed by atoms with van der Waals surface area (Å²) in [5.74, 6) is -1.54. The van der Waals surface area contributed by atoms with Gasteiger partial charge in [-0.05, 0) is 24.1 Å². The molecular weight excluding hydrogens is 228 g/mol. The van der Waals surface area contributed by atoms with Gasteiger partial charge in [0.15, 0.2) is 0 Å². The molecule has 4 N–H and O–H groups in total. The van der Waals surface area contributed by atoms with Gasteiger partial charge in [0.1, 0.15) is 0 Å². The molecule has 0 saturated heterocycles. The van der Waals surface area contributed by atoms with Crippen molar-refractivity contribution in [1.29, 1.82) is 0 Å². The summed E-state index contributed by atoms with van der Waals surface area (Å²) >= 11 is 5.84. The van der Waals surface area contributed by atoms with Gasteiger partial charge in [0.05, 0.1) is 11.3 Å². The minimum atomic E-state index is -0.948. The fourth-order valence-corrected chi connectivity index (χ4v) is 2.30. The highest BCUT2D eigenvalue weighted by atomic mass is 35.5. The monoisotopic (exact) mass is 238 g/mol. The smallest absolute Gasteiger partial charge is 0.228 e.